The lowest BCUT2D eigenvalue weighted by Crippen LogP contribution is -2.37. The number of hydrogen-bond donors (Lipinski definition) is 1. The number of carbonyl (C=O) groups excluding carboxylic acids is 1. The maximum atomic E-state index is 12.5. The van der Waals surface area contributed by atoms with Gasteiger partial charge in [-0.1, -0.05) is 29.5 Å². The van der Waals surface area contributed by atoms with Gasteiger partial charge < -0.3 is 9.88 Å². The fourth-order valence-electron chi connectivity index (χ4n) is 3.31. The average molecular weight is 401 g/mol. The maximum Gasteiger partial charge on any atom is 0.332 e. The average Bonchev–Trinajstić information content (AvgIpc) is 2.96. The van der Waals surface area contributed by atoms with Crippen LogP contribution in [0.15, 0.2) is 26.9 Å². The minimum atomic E-state index is -0.435. The number of rotatable bonds is 4. The van der Waals surface area contributed by atoms with Gasteiger partial charge in [0.15, 0.2) is 16.3 Å². The van der Waals surface area contributed by atoms with Gasteiger partial charge in [0.25, 0.3) is 5.56 Å². The van der Waals surface area contributed by atoms with Gasteiger partial charge in [0.05, 0.1) is 5.75 Å². The van der Waals surface area contributed by atoms with Crippen LogP contribution in [0.3, 0.4) is 0 Å². The lowest BCUT2D eigenvalue weighted by molar-refractivity contribution is -0.113. The number of aryl methyl sites for hydroxylation is 5. The smallest absolute Gasteiger partial charge is 0.325 e. The molecule has 2 heterocycles. The van der Waals surface area contributed by atoms with E-state index in [1.165, 1.54) is 23.4 Å². The Balaban J connectivity index is 1.85. The van der Waals surface area contributed by atoms with Crippen LogP contribution in [0, 0.1) is 20.8 Å². The van der Waals surface area contributed by atoms with Crippen LogP contribution in [0.5, 0.6) is 0 Å². The molecule has 0 spiro atoms. The molecule has 0 fully saturated rings. The first-order chi connectivity index (χ1) is 13.1. The van der Waals surface area contributed by atoms with E-state index in [0.29, 0.717) is 16.3 Å². The normalized spacial score (nSPS) is 11.2. The number of hydrogen-bond acceptors (Lipinski definition) is 5. The zero-order chi connectivity index (χ0) is 20.7. The number of nitrogens with zero attached hydrogens (tertiary/aromatic N) is 4. The fourth-order valence-corrected chi connectivity index (χ4v) is 4.08. The Labute approximate surface area is 166 Å². The first kappa shape index (κ1) is 19.9. The van der Waals surface area contributed by atoms with Gasteiger partial charge in [-0.3, -0.25) is 18.7 Å². The van der Waals surface area contributed by atoms with Crippen LogP contribution >= 0.6 is 11.8 Å². The molecular weight excluding hydrogens is 378 g/mol. The molecule has 0 atom stereocenters. The van der Waals surface area contributed by atoms with Crippen molar-refractivity contribution in [3.8, 4) is 0 Å². The van der Waals surface area contributed by atoms with Gasteiger partial charge in [-0.2, -0.15) is 0 Å². The summed E-state index contributed by atoms with van der Waals surface area (Å²) < 4.78 is 4.01. The summed E-state index contributed by atoms with van der Waals surface area (Å²) >= 11 is 1.22. The van der Waals surface area contributed by atoms with Crippen LogP contribution < -0.4 is 16.6 Å². The van der Waals surface area contributed by atoms with E-state index in [1.54, 1.807) is 18.7 Å². The van der Waals surface area contributed by atoms with E-state index in [0.717, 1.165) is 26.9 Å². The molecule has 28 heavy (non-hydrogen) atoms. The number of anilines is 1. The molecule has 1 N–H and O–H groups in total. The van der Waals surface area contributed by atoms with Gasteiger partial charge >= 0.3 is 5.69 Å². The van der Waals surface area contributed by atoms with Crippen molar-refractivity contribution in [1.29, 1.82) is 0 Å². The van der Waals surface area contributed by atoms with Crippen molar-refractivity contribution in [1.82, 2.24) is 18.7 Å². The summed E-state index contributed by atoms with van der Waals surface area (Å²) in [5, 5.41) is 3.45. The Bertz CT molecular complexity index is 1200. The number of fused-ring (bicyclic) bond motifs is 1. The van der Waals surface area contributed by atoms with Gasteiger partial charge in [0.1, 0.15) is 0 Å². The summed E-state index contributed by atoms with van der Waals surface area (Å²) in [7, 11) is 4.71. The number of thioether (sulfide) groups is 1. The molecule has 0 unspecified atom stereocenters. The van der Waals surface area contributed by atoms with E-state index >= 15 is 0 Å². The zero-order valence-corrected chi connectivity index (χ0v) is 17.6. The Morgan fingerprint density at radius 1 is 1.04 bits per heavy atom. The molecular formula is C19H23N5O3S. The van der Waals surface area contributed by atoms with E-state index in [2.05, 4.69) is 10.3 Å². The van der Waals surface area contributed by atoms with Crippen molar-refractivity contribution in [3.05, 3.63) is 49.7 Å². The van der Waals surface area contributed by atoms with Crippen molar-refractivity contribution >= 4 is 34.5 Å². The molecule has 0 bridgehead atoms. The minimum absolute atomic E-state index is 0.137. The van der Waals surface area contributed by atoms with Gasteiger partial charge in [-0.05, 0) is 31.9 Å². The highest BCUT2D eigenvalue weighted by Crippen LogP contribution is 2.24. The monoisotopic (exact) mass is 401 g/mol. The second kappa shape index (κ2) is 7.31. The molecule has 0 aliphatic rings. The van der Waals surface area contributed by atoms with E-state index in [9.17, 15) is 14.4 Å². The summed E-state index contributed by atoms with van der Waals surface area (Å²) in [4.78, 5) is 41.4. The SMILES string of the molecule is Cc1cc(C)c(NC(=O)CSc2nc3c(c(=O)n(C)c(=O)n3C)n2C)c(C)c1. The van der Waals surface area contributed by atoms with Crippen LogP contribution in [0.2, 0.25) is 0 Å². The molecule has 0 saturated heterocycles. The standard InChI is InChI=1S/C19H23N5O3S/c1-10-7-11(2)14(12(3)8-10)20-13(25)9-28-18-21-16-15(22(18)4)17(26)24(6)19(27)23(16)5/h7-8H,9H2,1-6H3,(H,20,25). The molecule has 0 radical (unpaired) electrons. The third-order valence-electron chi connectivity index (χ3n) is 4.71. The number of imidazole rings is 1. The highest BCUT2D eigenvalue weighted by atomic mass is 32.2. The topological polar surface area (TPSA) is 90.9 Å². The van der Waals surface area contributed by atoms with Crippen LogP contribution in [0.1, 0.15) is 16.7 Å². The quantitative estimate of drug-likeness (QED) is 0.671. The second-order valence-electron chi connectivity index (χ2n) is 6.94. The fraction of sp³-hybridized carbons (Fsp3) is 0.368. The number of carbonyl (C=O) groups is 1. The van der Waals surface area contributed by atoms with Crippen molar-refractivity contribution in [2.75, 3.05) is 11.1 Å². The number of benzene rings is 1. The second-order valence-corrected chi connectivity index (χ2v) is 7.88. The van der Waals surface area contributed by atoms with Gasteiger partial charge in [-0.25, -0.2) is 9.78 Å². The number of nitrogens with one attached hydrogen (secondary N) is 1. The lowest BCUT2D eigenvalue weighted by Gasteiger charge is -2.12. The number of aromatic nitrogens is 4. The summed E-state index contributed by atoms with van der Waals surface area (Å²) in [5.41, 5.74) is 3.79. The van der Waals surface area contributed by atoms with Crippen LogP contribution in [0.4, 0.5) is 5.69 Å². The molecule has 0 saturated carbocycles. The largest absolute Gasteiger partial charge is 0.332 e. The van der Waals surface area contributed by atoms with Crippen LogP contribution in [0.25, 0.3) is 11.2 Å². The molecule has 1 amide bonds. The van der Waals surface area contributed by atoms with Crippen LogP contribution in [-0.4, -0.2) is 30.3 Å². The molecule has 0 aliphatic heterocycles. The Morgan fingerprint density at radius 2 is 1.64 bits per heavy atom. The molecule has 3 rings (SSSR count). The molecule has 3 aromatic rings. The summed E-state index contributed by atoms with van der Waals surface area (Å²) in [6, 6.07) is 4.05. The minimum Gasteiger partial charge on any atom is -0.325 e. The van der Waals surface area contributed by atoms with E-state index < -0.39 is 11.2 Å². The van der Waals surface area contributed by atoms with Gasteiger partial charge in [-0.15, -0.1) is 0 Å². The van der Waals surface area contributed by atoms with Crippen molar-refractivity contribution in [2.24, 2.45) is 21.1 Å². The zero-order valence-electron chi connectivity index (χ0n) is 16.8. The van der Waals surface area contributed by atoms with Gasteiger partial charge in [0.2, 0.25) is 5.91 Å². The third-order valence-corrected chi connectivity index (χ3v) is 5.74. The summed E-state index contributed by atoms with van der Waals surface area (Å²) in [6.07, 6.45) is 0. The first-order valence-corrected chi connectivity index (χ1v) is 9.73. The highest BCUT2D eigenvalue weighted by molar-refractivity contribution is 7.99. The Morgan fingerprint density at radius 3 is 2.25 bits per heavy atom. The molecule has 2 aromatic heterocycles. The molecule has 9 heteroatoms. The molecule has 8 nitrogen and oxygen atoms in total. The van der Waals surface area contributed by atoms with Crippen molar-refractivity contribution < 1.29 is 4.79 Å². The molecule has 148 valence electrons. The summed E-state index contributed by atoms with van der Waals surface area (Å²) in [5.74, 6) is -0.0213. The predicted molar refractivity (Wildman–Crippen MR) is 111 cm³/mol. The van der Waals surface area contributed by atoms with Crippen molar-refractivity contribution in [3.63, 3.8) is 0 Å². The van der Waals surface area contributed by atoms with E-state index in [4.69, 9.17) is 0 Å². The lowest BCUT2D eigenvalue weighted by atomic mass is 10.1. The molecule has 1 aromatic carbocycles. The summed E-state index contributed by atoms with van der Waals surface area (Å²) in [6.45, 7) is 5.94. The Hall–Kier alpha value is -2.81. The highest BCUT2D eigenvalue weighted by Gasteiger charge is 2.18. The van der Waals surface area contributed by atoms with E-state index in [-0.39, 0.29) is 11.7 Å². The van der Waals surface area contributed by atoms with Gasteiger partial charge in [0, 0.05) is 26.8 Å². The predicted octanol–water partition coefficient (Wildman–Crippen LogP) is 1.63. The first-order valence-electron chi connectivity index (χ1n) is 8.74. The van der Waals surface area contributed by atoms with Crippen LogP contribution in [-0.2, 0) is 25.9 Å². The Kier molecular flexibility index (Phi) is 5.20. The molecule has 0 aliphatic carbocycles. The maximum absolute atomic E-state index is 12.5. The van der Waals surface area contributed by atoms with E-state index in [1.807, 2.05) is 32.9 Å². The number of amides is 1. The third kappa shape index (κ3) is 3.37. The van der Waals surface area contributed by atoms with Crippen molar-refractivity contribution in [2.45, 2.75) is 25.9 Å².